The summed E-state index contributed by atoms with van der Waals surface area (Å²) in [6, 6.07) is 0. The van der Waals surface area contributed by atoms with Crippen LogP contribution in [0.5, 0.6) is 0 Å². The Kier molecular flexibility index (Phi) is 3.69. The molecule has 1 aliphatic carbocycles. The molecule has 14 heavy (non-hydrogen) atoms. The number of nitrogens with one attached hydrogen (secondary N) is 1. The summed E-state index contributed by atoms with van der Waals surface area (Å²) in [5, 5.41) is 3.25. The fraction of sp³-hybridized carbons (Fsp3) is 0.727. The Morgan fingerprint density at radius 2 is 2.36 bits per heavy atom. The molecule has 80 valence electrons. The van der Waals surface area contributed by atoms with Gasteiger partial charge in [-0.3, -0.25) is 10.1 Å². The Morgan fingerprint density at radius 3 is 2.71 bits per heavy atom. The van der Waals surface area contributed by atoms with Gasteiger partial charge in [-0.25, -0.2) is 0 Å². The van der Waals surface area contributed by atoms with Gasteiger partial charge >= 0.3 is 5.97 Å². The zero-order valence-corrected chi connectivity index (χ0v) is 9.01. The first kappa shape index (κ1) is 11.2. The monoisotopic (exact) mass is 197 g/mol. The average molecular weight is 197 g/mol. The van der Waals surface area contributed by atoms with Crippen LogP contribution in [0.4, 0.5) is 0 Å². The van der Waals surface area contributed by atoms with Gasteiger partial charge in [0.2, 0.25) is 0 Å². The molecule has 0 aromatic rings. The van der Waals surface area contributed by atoms with Gasteiger partial charge in [0.1, 0.15) is 5.54 Å². The van der Waals surface area contributed by atoms with Gasteiger partial charge in [0.05, 0.1) is 7.11 Å². The van der Waals surface area contributed by atoms with E-state index in [2.05, 4.69) is 11.9 Å². The smallest absolute Gasteiger partial charge is 0.326 e. The first-order valence-electron chi connectivity index (χ1n) is 5.15. The Balaban J connectivity index is 2.73. The topological polar surface area (TPSA) is 38.3 Å². The molecule has 1 N–H and O–H groups in total. The lowest BCUT2D eigenvalue weighted by molar-refractivity contribution is -0.149. The van der Waals surface area contributed by atoms with Gasteiger partial charge in [-0.05, 0) is 25.2 Å². The number of methoxy groups -OCH3 is 1. The number of carbonyl (C=O) groups is 1. The molecular weight excluding hydrogens is 178 g/mol. The van der Waals surface area contributed by atoms with Gasteiger partial charge in [0.25, 0.3) is 0 Å². The molecule has 1 fully saturated rings. The predicted molar refractivity (Wildman–Crippen MR) is 56.0 cm³/mol. The largest absolute Gasteiger partial charge is 0.468 e. The van der Waals surface area contributed by atoms with Crippen molar-refractivity contribution < 1.29 is 9.53 Å². The lowest BCUT2D eigenvalue weighted by Gasteiger charge is -2.30. The normalized spacial score (nSPS) is 19.9. The highest BCUT2D eigenvalue weighted by Crippen LogP contribution is 2.42. The van der Waals surface area contributed by atoms with Gasteiger partial charge in [-0.1, -0.05) is 13.0 Å². The van der Waals surface area contributed by atoms with Crippen LogP contribution in [0.1, 0.15) is 26.2 Å². The molecule has 1 saturated carbocycles. The van der Waals surface area contributed by atoms with Crippen molar-refractivity contribution in [3.8, 4) is 0 Å². The Morgan fingerprint density at radius 1 is 1.71 bits per heavy atom. The number of hydrogen-bond acceptors (Lipinski definition) is 3. The second kappa shape index (κ2) is 4.60. The van der Waals surface area contributed by atoms with E-state index in [4.69, 9.17) is 4.74 Å². The highest BCUT2D eigenvalue weighted by atomic mass is 16.5. The maximum absolute atomic E-state index is 11.7. The van der Waals surface area contributed by atoms with Gasteiger partial charge in [-0.15, -0.1) is 6.58 Å². The quantitative estimate of drug-likeness (QED) is 0.518. The van der Waals surface area contributed by atoms with Crippen LogP contribution in [0.3, 0.4) is 0 Å². The van der Waals surface area contributed by atoms with E-state index in [1.807, 2.05) is 6.92 Å². The lowest BCUT2D eigenvalue weighted by Crippen LogP contribution is -2.54. The van der Waals surface area contributed by atoms with Gasteiger partial charge < -0.3 is 4.74 Å². The number of esters is 1. The molecule has 0 radical (unpaired) electrons. The highest BCUT2D eigenvalue weighted by molar-refractivity contribution is 5.81. The Bertz CT molecular complexity index is 223. The number of hydrogen-bond donors (Lipinski definition) is 1. The first-order chi connectivity index (χ1) is 6.71. The third kappa shape index (κ3) is 1.98. The molecule has 1 rings (SSSR count). The third-order valence-corrected chi connectivity index (χ3v) is 2.94. The maximum atomic E-state index is 11.7. The van der Waals surface area contributed by atoms with Crippen LogP contribution in [-0.2, 0) is 9.53 Å². The highest BCUT2D eigenvalue weighted by Gasteiger charge is 2.49. The van der Waals surface area contributed by atoms with Crippen LogP contribution in [-0.4, -0.2) is 25.2 Å². The van der Waals surface area contributed by atoms with E-state index < -0.39 is 5.54 Å². The zero-order chi connectivity index (χ0) is 10.6. The fourth-order valence-corrected chi connectivity index (χ4v) is 1.95. The second-order valence-electron chi connectivity index (χ2n) is 3.76. The van der Waals surface area contributed by atoms with Crippen LogP contribution < -0.4 is 5.32 Å². The fourth-order valence-electron chi connectivity index (χ4n) is 1.95. The van der Waals surface area contributed by atoms with Crippen molar-refractivity contribution in [2.45, 2.75) is 31.7 Å². The summed E-state index contributed by atoms with van der Waals surface area (Å²) in [5.41, 5.74) is -0.469. The molecule has 0 aliphatic heterocycles. The van der Waals surface area contributed by atoms with Crippen molar-refractivity contribution in [3.63, 3.8) is 0 Å². The molecular formula is C11H19NO2. The molecule has 0 bridgehead atoms. The molecule has 1 unspecified atom stereocenters. The molecule has 1 aliphatic rings. The van der Waals surface area contributed by atoms with Crippen molar-refractivity contribution >= 4 is 5.97 Å². The van der Waals surface area contributed by atoms with E-state index in [1.165, 1.54) is 7.11 Å². The van der Waals surface area contributed by atoms with E-state index in [9.17, 15) is 4.79 Å². The second-order valence-corrected chi connectivity index (χ2v) is 3.76. The minimum absolute atomic E-state index is 0.135. The summed E-state index contributed by atoms with van der Waals surface area (Å²) < 4.78 is 4.87. The molecule has 3 nitrogen and oxygen atoms in total. The summed E-state index contributed by atoms with van der Waals surface area (Å²) >= 11 is 0. The molecule has 1 atom stereocenters. The molecule has 0 saturated heterocycles. The predicted octanol–water partition coefficient (Wildman–Crippen LogP) is 1.49. The average Bonchev–Trinajstić information content (AvgIpc) is 3.03. The van der Waals surface area contributed by atoms with Crippen LogP contribution in [0.15, 0.2) is 12.7 Å². The Labute approximate surface area is 85.5 Å². The minimum atomic E-state index is -0.469. The van der Waals surface area contributed by atoms with Crippen molar-refractivity contribution in [1.29, 1.82) is 0 Å². The van der Waals surface area contributed by atoms with Crippen molar-refractivity contribution in [3.05, 3.63) is 12.7 Å². The number of carbonyl (C=O) groups excluding carboxylic acids is 1. The van der Waals surface area contributed by atoms with Crippen molar-refractivity contribution in [1.82, 2.24) is 5.32 Å². The van der Waals surface area contributed by atoms with E-state index in [-0.39, 0.29) is 5.97 Å². The standard InChI is InChI=1S/C11H19NO2/c1-4-8-12-11(5-2,9-6-7-9)10(13)14-3/h4,9,12H,1,5-8H2,2-3H3. The molecule has 0 heterocycles. The lowest BCUT2D eigenvalue weighted by atomic mass is 9.90. The van der Waals surface area contributed by atoms with E-state index >= 15 is 0 Å². The SMILES string of the molecule is C=CCNC(CC)(C(=O)OC)C1CC1. The summed E-state index contributed by atoms with van der Waals surface area (Å²) in [6.07, 6.45) is 4.79. The molecule has 0 amide bonds. The van der Waals surface area contributed by atoms with Gasteiger partial charge in [-0.2, -0.15) is 0 Å². The van der Waals surface area contributed by atoms with Crippen LogP contribution >= 0.6 is 0 Å². The summed E-state index contributed by atoms with van der Waals surface area (Å²) in [7, 11) is 1.45. The Hall–Kier alpha value is -0.830. The third-order valence-electron chi connectivity index (χ3n) is 2.94. The molecule has 0 spiro atoms. The van der Waals surface area contributed by atoms with Gasteiger partial charge in [0, 0.05) is 6.54 Å². The zero-order valence-electron chi connectivity index (χ0n) is 9.01. The molecule has 0 aromatic carbocycles. The van der Waals surface area contributed by atoms with Crippen molar-refractivity contribution in [2.24, 2.45) is 5.92 Å². The van der Waals surface area contributed by atoms with E-state index in [0.29, 0.717) is 12.5 Å². The van der Waals surface area contributed by atoms with Crippen molar-refractivity contribution in [2.75, 3.05) is 13.7 Å². The maximum Gasteiger partial charge on any atom is 0.326 e. The summed E-state index contributed by atoms with van der Waals surface area (Å²) in [6.45, 7) is 6.32. The molecule has 0 aromatic heterocycles. The van der Waals surface area contributed by atoms with Crippen LogP contribution in [0.2, 0.25) is 0 Å². The molecule has 3 heteroatoms. The summed E-state index contributed by atoms with van der Waals surface area (Å²) in [4.78, 5) is 11.7. The number of rotatable bonds is 6. The first-order valence-corrected chi connectivity index (χ1v) is 5.15. The minimum Gasteiger partial charge on any atom is -0.468 e. The van der Waals surface area contributed by atoms with Crippen LogP contribution in [0.25, 0.3) is 0 Å². The number of ether oxygens (including phenoxy) is 1. The summed E-state index contributed by atoms with van der Waals surface area (Å²) in [5.74, 6) is 0.309. The van der Waals surface area contributed by atoms with E-state index in [1.54, 1.807) is 6.08 Å². The van der Waals surface area contributed by atoms with Crippen LogP contribution in [0, 0.1) is 5.92 Å². The van der Waals surface area contributed by atoms with Gasteiger partial charge in [0.15, 0.2) is 0 Å². The van der Waals surface area contributed by atoms with E-state index in [0.717, 1.165) is 19.3 Å².